The normalized spacial score (nSPS) is 23.9. The third-order valence-electron chi connectivity index (χ3n) is 3.41. The first kappa shape index (κ1) is 11.7. The molecule has 1 aliphatic carbocycles. The highest BCUT2D eigenvalue weighted by atomic mass is 16.6. The molecule has 1 amide bonds. The van der Waals surface area contributed by atoms with Crippen LogP contribution >= 0.6 is 0 Å². The van der Waals surface area contributed by atoms with Gasteiger partial charge in [-0.05, 0) is 39.5 Å². The lowest BCUT2D eigenvalue weighted by atomic mass is 9.58. The van der Waals surface area contributed by atoms with Crippen molar-refractivity contribution in [2.45, 2.75) is 39.2 Å². The lowest BCUT2D eigenvalue weighted by Gasteiger charge is -2.58. The zero-order valence-electron chi connectivity index (χ0n) is 10.3. The summed E-state index contributed by atoms with van der Waals surface area (Å²) < 4.78 is 5.29. The van der Waals surface area contributed by atoms with Crippen LogP contribution < -0.4 is 0 Å². The van der Waals surface area contributed by atoms with Crippen LogP contribution in [0.3, 0.4) is 0 Å². The standard InChI is InChI=1S/C12H21NO3/c1-11(2,3)16-10(15)13-7-12(8-13)4-9(5-12)6-14/h9,14H,4-8H2,1-3H3. The summed E-state index contributed by atoms with van der Waals surface area (Å²) in [6.07, 6.45) is 1.91. The molecule has 0 radical (unpaired) electrons. The minimum atomic E-state index is -0.410. The molecule has 1 heterocycles. The van der Waals surface area contributed by atoms with E-state index in [4.69, 9.17) is 9.84 Å². The molecule has 1 saturated heterocycles. The highest BCUT2D eigenvalue weighted by Gasteiger charge is 2.53. The number of rotatable bonds is 1. The molecule has 2 aliphatic rings. The Labute approximate surface area is 96.6 Å². The molecule has 0 unspecified atom stereocenters. The van der Waals surface area contributed by atoms with Crippen LogP contribution in [0.15, 0.2) is 0 Å². The summed E-state index contributed by atoms with van der Waals surface area (Å²) in [4.78, 5) is 13.4. The second-order valence-corrected chi connectivity index (χ2v) is 6.29. The van der Waals surface area contributed by atoms with Gasteiger partial charge in [-0.2, -0.15) is 0 Å². The van der Waals surface area contributed by atoms with E-state index >= 15 is 0 Å². The average Bonchev–Trinajstić information content (AvgIpc) is 1.95. The number of aliphatic hydroxyl groups excluding tert-OH is 1. The Morgan fingerprint density at radius 3 is 2.44 bits per heavy atom. The summed E-state index contributed by atoms with van der Waals surface area (Å²) in [6.45, 7) is 7.54. The number of likely N-dealkylation sites (tertiary alicyclic amines) is 1. The zero-order valence-corrected chi connectivity index (χ0v) is 10.3. The van der Waals surface area contributed by atoms with Crippen LogP contribution in [0.2, 0.25) is 0 Å². The van der Waals surface area contributed by atoms with Crippen LogP contribution in [-0.2, 0) is 4.74 Å². The zero-order chi connectivity index (χ0) is 12.0. The molecule has 1 spiro atoms. The summed E-state index contributed by atoms with van der Waals surface area (Å²) in [5.74, 6) is 0.459. The maximum Gasteiger partial charge on any atom is 0.410 e. The van der Waals surface area contributed by atoms with Gasteiger partial charge in [-0.1, -0.05) is 0 Å². The van der Waals surface area contributed by atoms with E-state index < -0.39 is 5.60 Å². The molecule has 92 valence electrons. The highest BCUT2D eigenvalue weighted by Crippen LogP contribution is 2.51. The second-order valence-electron chi connectivity index (χ2n) is 6.29. The Hall–Kier alpha value is -0.770. The van der Waals surface area contributed by atoms with Crippen molar-refractivity contribution in [3.05, 3.63) is 0 Å². The molecular weight excluding hydrogens is 206 g/mol. The van der Waals surface area contributed by atoms with E-state index in [0.29, 0.717) is 11.3 Å². The highest BCUT2D eigenvalue weighted by molar-refractivity contribution is 5.69. The van der Waals surface area contributed by atoms with E-state index in [0.717, 1.165) is 25.9 Å². The predicted octanol–water partition coefficient (Wildman–Crippen LogP) is 1.63. The van der Waals surface area contributed by atoms with Crippen LogP contribution in [0.5, 0.6) is 0 Å². The lowest BCUT2D eigenvalue weighted by Crippen LogP contribution is -2.64. The van der Waals surface area contributed by atoms with E-state index in [-0.39, 0.29) is 12.7 Å². The van der Waals surface area contributed by atoms with Gasteiger partial charge in [0.2, 0.25) is 0 Å². The van der Waals surface area contributed by atoms with Gasteiger partial charge in [-0.3, -0.25) is 0 Å². The topological polar surface area (TPSA) is 49.8 Å². The van der Waals surface area contributed by atoms with Gasteiger partial charge in [0.1, 0.15) is 5.60 Å². The molecule has 0 aromatic heterocycles. The summed E-state index contributed by atoms with van der Waals surface area (Å²) in [5.41, 5.74) is -0.0998. The largest absolute Gasteiger partial charge is 0.444 e. The van der Waals surface area contributed by atoms with Crippen molar-refractivity contribution in [2.24, 2.45) is 11.3 Å². The van der Waals surface area contributed by atoms with Crippen molar-refractivity contribution in [3.8, 4) is 0 Å². The molecule has 0 bridgehead atoms. The number of hydrogen-bond acceptors (Lipinski definition) is 3. The molecule has 1 N–H and O–H groups in total. The van der Waals surface area contributed by atoms with Crippen molar-refractivity contribution in [1.82, 2.24) is 4.90 Å². The fourth-order valence-electron chi connectivity index (χ4n) is 2.77. The minimum Gasteiger partial charge on any atom is -0.444 e. The lowest BCUT2D eigenvalue weighted by molar-refractivity contribution is -0.104. The molecule has 2 rings (SSSR count). The predicted molar refractivity (Wildman–Crippen MR) is 60.0 cm³/mol. The molecule has 1 aliphatic heterocycles. The number of ether oxygens (including phenoxy) is 1. The van der Waals surface area contributed by atoms with Gasteiger partial charge in [0, 0.05) is 25.1 Å². The molecule has 16 heavy (non-hydrogen) atoms. The van der Waals surface area contributed by atoms with Gasteiger partial charge in [-0.25, -0.2) is 4.79 Å². The SMILES string of the molecule is CC(C)(C)OC(=O)N1CC2(CC(CO)C2)C1. The number of aliphatic hydroxyl groups is 1. The molecule has 0 atom stereocenters. The molecule has 0 aromatic carbocycles. The Morgan fingerprint density at radius 2 is 2.00 bits per heavy atom. The third-order valence-corrected chi connectivity index (χ3v) is 3.41. The van der Waals surface area contributed by atoms with Crippen LogP contribution in [0.1, 0.15) is 33.6 Å². The molecule has 2 fully saturated rings. The Kier molecular flexibility index (Phi) is 2.65. The van der Waals surface area contributed by atoms with Crippen LogP contribution in [0.4, 0.5) is 4.79 Å². The van der Waals surface area contributed by atoms with Crippen LogP contribution in [-0.4, -0.2) is 41.4 Å². The van der Waals surface area contributed by atoms with Gasteiger partial charge in [0.05, 0.1) is 0 Å². The van der Waals surface area contributed by atoms with Gasteiger partial charge >= 0.3 is 6.09 Å². The van der Waals surface area contributed by atoms with E-state index in [9.17, 15) is 4.79 Å². The first-order valence-corrected chi connectivity index (χ1v) is 5.92. The number of carbonyl (C=O) groups excluding carboxylic acids is 1. The molecular formula is C12H21NO3. The van der Waals surface area contributed by atoms with E-state index in [1.165, 1.54) is 0 Å². The van der Waals surface area contributed by atoms with E-state index in [2.05, 4.69) is 0 Å². The van der Waals surface area contributed by atoms with Crippen LogP contribution in [0, 0.1) is 11.3 Å². The van der Waals surface area contributed by atoms with Gasteiger partial charge in [0.15, 0.2) is 0 Å². The quantitative estimate of drug-likeness (QED) is 0.740. The Morgan fingerprint density at radius 1 is 1.44 bits per heavy atom. The smallest absolute Gasteiger partial charge is 0.410 e. The Bertz CT molecular complexity index is 281. The summed E-state index contributed by atoms with van der Waals surface area (Å²) >= 11 is 0. The van der Waals surface area contributed by atoms with Crippen molar-refractivity contribution in [2.75, 3.05) is 19.7 Å². The average molecular weight is 227 g/mol. The van der Waals surface area contributed by atoms with Gasteiger partial charge in [-0.15, -0.1) is 0 Å². The maximum absolute atomic E-state index is 11.7. The summed E-state index contributed by atoms with van der Waals surface area (Å²) in [7, 11) is 0. The number of carbonyl (C=O) groups is 1. The van der Waals surface area contributed by atoms with Crippen molar-refractivity contribution < 1.29 is 14.6 Å². The second kappa shape index (κ2) is 3.62. The fourth-order valence-corrected chi connectivity index (χ4v) is 2.77. The van der Waals surface area contributed by atoms with E-state index in [1.807, 2.05) is 20.8 Å². The van der Waals surface area contributed by atoms with Crippen molar-refractivity contribution >= 4 is 6.09 Å². The summed E-state index contributed by atoms with van der Waals surface area (Å²) in [6, 6.07) is 0. The maximum atomic E-state index is 11.7. The number of hydrogen-bond donors (Lipinski definition) is 1. The van der Waals surface area contributed by atoms with Crippen molar-refractivity contribution in [1.29, 1.82) is 0 Å². The molecule has 1 saturated carbocycles. The molecule has 4 nitrogen and oxygen atoms in total. The van der Waals surface area contributed by atoms with Crippen molar-refractivity contribution in [3.63, 3.8) is 0 Å². The van der Waals surface area contributed by atoms with Crippen LogP contribution in [0.25, 0.3) is 0 Å². The van der Waals surface area contributed by atoms with E-state index in [1.54, 1.807) is 4.90 Å². The molecule has 0 aromatic rings. The first-order chi connectivity index (χ1) is 7.34. The molecule has 4 heteroatoms. The first-order valence-electron chi connectivity index (χ1n) is 5.92. The Balaban J connectivity index is 1.75. The number of nitrogens with zero attached hydrogens (tertiary/aromatic N) is 1. The number of amides is 1. The monoisotopic (exact) mass is 227 g/mol. The summed E-state index contributed by atoms with van der Waals surface area (Å²) in [5, 5.41) is 8.96. The minimum absolute atomic E-state index is 0.203. The third kappa shape index (κ3) is 2.17. The fraction of sp³-hybridized carbons (Fsp3) is 0.917. The van der Waals surface area contributed by atoms with Gasteiger partial charge in [0.25, 0.3) is 0 Å². The van der Waals surface area contributed by atoms with Gasteiger partial charge < -0.3 is 14.7 Å².